The molecule has 0 aromatic rings. The molecular weight excluding hydrogens is 208 g/mol. The lowest BCUT2D eigenvalue weighted by Crippen LogP contribution is -2.38. The summed E-state index contributed by atoms with van der Waals surface area (Å²) < 4.78 is 10.8. The molecule has 2 saturated heterocycles. The SMILES string of the molecule is CC(C)(C)OC(=O)N1C[C@H]2[C@H](C1)OC[C@@H]2N. The molecule has 2 aliphatic rings. The van der Waals surface area contributed by atoms with Crippen molar-refractivity contribution < 1.29 is 14.3 Å². The lowest BCUT2D eigenvalue weighted by atomic mass is 10.0. The van der Waals surface area contributed by atoms with Crippen molar-refractivity contribution in [1.82, 2.24) is 4.90 Å². The summed E-state index contributed by atoms with van der Waals surface area (Å²) in [5.41, 5.74) is 5.46. The van der Waals surface area contributed by atoms with Crippen LogP contribution in [-0.4, -0.2) is 48.4 Å². The molecule has 92 valence electrons. The predicted molar refractivity (Wildman–Crippen MR) is 59.0 cm³/mol. The number of ether oxygens (including phenoxy) is 2. The molecule has 0 bridgehead atoms. The van der Waals surface area contributed by atoms with E-state index in [-0.39, 0.29) is 24.2 Å². The van der Waals surface area contributed by atoms with Gasteiger partial charge in [0.2, 0.25) is 0 Å². The minimum atomic E-state index is -0.447. The minimum absolute atomic E-state index is 0.0532. The second kappa shape index (κ2) is 3.89. The lowest BCUT2D eigenvalue weighted by molar-refractivity contribution is 0.0231. The van der Waals surface area contributed by atoms with Crippen molar-refractivity contribution in [2.75, 3.05) is 19.7 Å². The molecule has 0 aromatic carbocycles. The number of hydrogen-bond acceptors (Lipinski definition) is 4. The van der Waals surface area contributed by atoms with Crippen LogP contribution in [0.1, 0.15) is 20.8 Å². The van der Waals surface area contributed by atoms with Crippen molar-refractivity contribution in [3.05, 3.63) is 0 Å². The van der Waals surface area contributed by atoms with Crippen LogP contribution in [0.25, 0.3) is 0 Å². The maximum atomic E-state index is 11.8. The third kappa shape index (κ3) is 2.30. The van der Waals surface area contributed by atoms with Gasteiger partial charge in [0.15, 0.2) is 0 Å². The summed E-state index contributed by atoms with van der Waals surface area (Å²) in [6, 6.07) is 0.0532. The van der Waals surface area contributed by atoms with Crippen LogP contribution < -0.4 is 5.73 Å². The monoisotopic (exact) mass is 228 g/mol. The van der Waals surface area contributed by atoms with Crippen LogP contribution >= 0.6 is 0 Å². The van der Waals surface area contributed by atoms with Gasteiger partial charge in [-0.3, -0.25) is 0 Å². The number of fused-ring (bicyclic) bond motifs is 1. The summed E-state index contributed by atoms with van der Waals surface area (Å²) in [6.45, 7) is 7.46. The summed E-state index contributed by atoms with van der Waals surface area (Å²) in [5.74, 6) is 0.271. The van der Waals surface area contributed by atoms with E-state index in [0.29, 0.717) is 19.7 Å². The molecule has 5 heteroatoms. The van der Waals surface area contributed by atoms with E-state index >= 15 is 0 Å². The first kappa shape index (κ1) is 11.7. The molecular formula is C11H20N2O3. The van der Waals surface area contributed by atoms with E-state index < -0.39 is 5.60 Å². The van der Waals surface area contributed by atoms with Crippen molar-refractivity contribution in [2.24, 2.45) is 11.7 Å². The topological polar surface area (TPSA) is 64.8 Å². The standard InChI is InChI=1S/C11H20N2O3/c1-11(2,3)16-10(14)13-4-7-8(12)6-15-9(7)5-13/h7-9H,4-6,12H2,1-3H3/t7-,8+,9+/m1/s1. The number of carbonyl (C=O) groups excluding carboxylic acids is 1. The van der Waals surface area contributed by atoms with Crippen LogP contribution in [0.3, 0.4) is 0 Å². The normalized spacial score (nSPS) is 34.0. The van der Waals surface area contributed by atoms with Gasteiger partial charge in [0, 0.05) is 18.5 Å². The second-order valence-corrected chi connectivity index (χ2v) is 5.58. The molecule has 2 heterocycles. The smallest absolute Gasteiger partial charge is 0.410 e. The number of hydrogen-bond donors (Lipinski definition) is 1. The maximum absolute atomic E-state index is 11.8. The molecule has 16 heavy (non-hydrogen) atoms. The van der Waals surface area contributed by atoms with Gasteiger partial charge in [-0.15, -0.1) is 0 Å². The molecule has 2 N–H and O–H groups in total. The summed E-state index contributed by atoms with van der Waals surface area (Å²) in [4.78, 5) is 13.5. The Bertz CT molecular complexity index is 287. The Morgan fingerprint density at radius 1 is 1.44 bits per heavy atom. The largest absolute Gasteiger partial charge is 0.444 e. The quantitative estimate of drug-likeness (QED) is 0.658. The first-order chi connectivity index (χ1) is 7.37. The van der Waals surface area contributed by atoms with E-state index in [1.54, 1.807) is 4.90 Å². The highest BCUT2D eigenvalue weighted by Gasteiger charge is 2.44. The highest BCUT2D eigenvalue weighted by molar-refractivity contribution is 5.68. The van der Waals surface area contributed by atoms with Gasteiger partial charge in [0.25, 0.3) is 0 Å². The molecule has 0 aromatic heterocycles. The Morgan fingerprint density at radius 3 is 2.69 bits per heavy atom. The minimum Gasteiger partial charge on any atom is -0.444 e. The molecule has 0 unspecified atom stereocenters. The zero-order valence-electron chi connectivity index (χ0n) is 10.1. The number of nitrogens with two attached hydrogens (primary N) is 1. The summed E-state index contributed by atoms with van der Waals surface area (Å²) >= 11 is 0. The first-order valence-electron chi connectivity index (χ1n) is 5.72. The van der Waals surface area contributed by atoms with E-state index in [9.17, 15) is 4.79 Å². The third-order valence-electron chi connectivity index (χ3n) is 3.01. The predicted octanol–water partition coefficient (Wildman–Crippen LogP) is 0.579. The zero-order valence-corrected chi connectivity index (χ0v) is 10.1. The third-order valence-corrected chi connectivity index (χ3v) is 3.01. The Hall–Kier alpha value is -0.810. The van der Waals surface area contributed by atoms with Crippen molar-refractivity contribution >= 4 is 6.09 Å². The highest BCUT2D eigenvalue weighted by atomic mass is 16.6. The lowest BCUT2D eigenvalue weighted by Gasteiger charge is -2.25. The van der Waals surface area contributed by atoms with Gasteiger partial charge in [0.05, 0.1) is 19.3 Å². The average Bonchev–Trinajstić information content (AvgIpc) is 2.65. The van der Waals surface area contributed by atoms with E-state index in [1.807, 2.05) is 20.8 Å². The van der Waals surface area contributed by atoms with Gasteiger partial charge >= 0.3 is 6.09 Å². The van der Waals surface area contributed by atoms with Crippen molar-refractivity contribution in [3.8, 4) is 0 Å². The molecule has 2 rings (SSSR count). The van der Waals surface area contributed by atoms with Crippen LogP contribution in [0.4, 0.5) is 4.79 Å². The van der Waals surface area contributed by atoms with Gasteiger partial charge in [-0.2, -0.15) is 0 Å². The number of amides is 1. The molecule has 5 nitrogen and oxygen atoms in total. The van der Waals surface area contributed by atoms with Crippen LogP contribution in [0.2, 0.25) is 0 Å². The van der Waals surface area contributed by atoms with Crippen LogP contribution in [-0.2, 0) is 9.47 Å². The van der Waals surface area contributed by atoms with Crippen LogP contribution in [0, 0.1) is 5.92 Å². The Morgan fingerprint density at radius 2 is 2.12 bits per heavy atom. The first-order valence-corrected chi connectivity index (χ1v) is 5.72. The van der Waals surface area contributed by atoms with Crippen molar-refractivity contribution in [3.63, 3.8) is 0 Å². The second-order valence-electron chi connectivity index (χ2n) is 5.58. The van der Waals surface area contributed by atoms with E-state index in [0.717, 1.165) is 0 Å². The van der Waals surface area contributed by atoms with E-state index in [2.05, 4.69) is 0 Å². The summed E-state index contributed by atoms with van der Waals surface area (Å²) in [6.07, 6.45) is -0.166. The highest BCUT2D eigenvalue weighted by Crippen LogP contribution is 2.29. The molecule has 2 fully saturated rings. The van der Waals surface area contributed by atoms with Gasteiger partial charge in [-0.25, -0.2) is 4.79 Å². The fourth-order valence-corrected chi connectivity index (χ4v) is 2.22. The van der Waals surface area contributed by atoms with Crippen molar-refractivity contribution in [1.29, 1.82) is 0 Å². The van der Waals surface area contributed by atoms with Gasteiger partial charge in [-0.05, 0) is 20.8 Å². The van der Waals surface area contributed by atoms with E-state index in [1.165, 1.54) is 0 Å². The molecule has 1 amide bonds. The molecule has 0 radical (unpaired) electrons. The Labute approximate surface area is 95.9 Å². The Balaban J connectivity index is 1.92. The number of rotatable bonds is 0. The van der Waals surface area contributed by atoms with Crippen LogP contribution in [0.5, 0.6) is 0 Å². The van der Waals surface area contributed by atoms with Crippen molar-refractivity contribution in [2.45, 2.75) is 38.5 Å². The van der Waals surface area contributed by atoms with Gasteiger partial charge < -0.3 is 20.1 Å². The zero-order chi connectivity index (χ0) is 11.9. The van der Waals surface area contributed by atoms with Gasteiger partial charge in [-0.1, -0.05) is 0 Å². The number of likely N-dealkylation sites (tertiary alicyclic amines) is 1. The summed E-state index contributed by atoms with van der Waals surface area (Å²) in [7, 11) is 0. The molecule has 3 atom stereocenters. The maximum Gasteiger partial charge on any atom is 0.410 e. The number of carbonyl (C=O) groups is 1. The van der Waals surface area contributed by atoms with E-state index in [4.69, 9.17) is 15.2 Å². The fourth-order valence-electron chi connectivity index (χ4n) is 2.22. The molecule has 2 aliphatic heterocycles. The molecule has 0 saturated carbocycles. The van der Waals surface area contributed by atoms with Gasteiger partial charge in [0.1, 0.15) is 5.60 Å². The summed E-state index contributed by atoms with van der Waals surface area (Å²) in [5, 5.41) is 0. The Kier molecular flexibility index (Phi) is 2.84. The average molecular weight is 228 g/mol. The molecule has 0 spiro atoms. The number of nitrogens with zero attached hydrogens (tertiary/aromatic N) is 1. The molecule has 0 aliphatic carbocycles. The fraction of sp³-hybridized carbons (Fsp3) is 0.909. The van der Waals surface area contributed by atoms with Crippen LogP contribution in [0.15, 0.2) is 0 Å².